The van der Waals surface area contributed by atoms with Crippen LogP contribution >= 0.6 is 0 Å². The molecule has 0 aromatic heterocycles. The van der Waals surface area contributed by atoms with Gasteiger partial charge in [0.1, 0.15) is 0 Å². The molecule has 0 bridgehead atoms. The molecule has 0 aromatic carbocycles. The van der Waals surface area contributed by atoms with Gasteiger partial charge in [-0.05, 0) is 0 Å². The van der Waals surface area contributed by atoms with Crippen LogP contribution in [0.4, 0.5) is 0 Å². The topological polar surface area (TPSA) is 26.3 Å². The van der Waals surface area contributed by atoms with Crippen molar-refractivity contribution < 1.29 is 67.2 Å². The van der Waals surface area contributed by atoms with Crippen molar-refractivity contribution in [3.05, 3.63) is 23.8 Å². The summed E-state index contributed by atoms with van der Waals surface area (Å²) in [7, 11) is 0.163. The number of methoxy groups -OCH3 is 1. The van der Waals surface area contributed by atoms with Crippen molar-refractivity contribution in [2.24, 2.45) is 0 Å². The van der Waals surface area contributed by atoms with E-state index >= 15 is 0 Å². The van der Waals surface area contributed by atoms with Crippen LogP contribution in [0, 0.1) is 0 Å². The van der Waals surface area contributed by atoms with Gasteiger partial charge in [-0.3, -0.25) is 0 Å². The molecular formula is C11H17Cl3O2SiTi. The molecule has 1 aliphatic rings. The van der Waals surface area contributed by atoms with Crippen molar-refractivity contribution in [1.82, 2.24) is 0 Å². The molecule has 0 aliphatic heterocycles. The monoisotopic (exact) mass is 362 g/mol. The number of esters is 1. The van der Waals surface area contributed by atoms with Gasteiger partial charge in [0.05, 0.1) is 0 Å². The predicted octanol–water partition coefficient (Wildman–Crippen LogP) is -6.36. The quantitative estimate of drug-likeness (QED) is 0.368. The van der Waals surface area contributed by atoms with Crippen LogP contribution in [0.2, 0.25) is 23.0 Å². The fourth-order valence-corrected chi connectivity index (χ4v) is 3.06. The summed E-state index contributed by atoms with van der Waals surface area (Å²) in [4.78, 5) is 11.1. The standard InChI is InChI=1S/C11H17O2Si.3ClH.Ti/c1-13-11(12)8-9-5-6-10(7-9)14(2,3)4;;;;/h5-7H,8H2,1-4H3;3*1H;/q;;;;+3/p-3. The number of hydrogen-bond acceptors (Lipinski definition) is 2. The first kappa shape index (κ1) is 23.8. The Kier molecular flexibility index (Phi) is 11.7. The largest absolute Gasteiger partial charge is 1.00 e. The number of carbonyl (C=O) groups is 1. The molecule has 0 heterocycles. The molecule has 1 rings (SSSR count). The van der Waals surface area contributed by atoms with E-state index in [4.69, 9.17) is 0 Å². The number of allylic oxidation sites excluding steroid dienone is 3. The second-order valence-electron chi connectivity index (χ2n) is 4.92. The Hall–Kier alpha value is 0.751. The molecule has 102 valence electrons. The van der Waals surface area contributed by atoms with Gasteiger partial charge in [-0.25, -0.2) is 0 Å². The van der Waals surface area contributed by atoms with Crippen molar-refractivity contribution in [3.8, 4) is 0 Å². The van der Waals surface area contributed by atoms with E-state index in [1.807, 2.05) is 0 Å². The minimum Gasteiger partial charge on any atom is -1.00 e. The van der Waals surface area contributed by atoms with Gasteiger partial charge >= 0.3 is 104 Å². The average molecular weight is 364 g/mol. The van der Waals surface area contributed by atoms with Crippen molar-refractivity contribution in [2.45, 2.75) is 29.4 Å². The Balaban J connectivity index is -0.000000750. The van der Waals surface area contributed by atoms with Crippen LogP contribution < -0.4 is 37.2 Å². The third-order valence-corrected chi connectivity index (χ3v) is 9.58. The SMILES string of the molecule is COC(=O)CC1=C[C]([Ti+3])([Si](C)(C)C)C=C1.[Cl-].[Cl-].[Cl-]. The normalized spacial score (nSPS) is 21.1. The zero-order chi connectivity index (χ0) is 11.7. The summed E-state index contributed by atoms with van der Waals surface area (Å²) in [6.07, 6.45) is 6.93. The van der Waals surface area contributed by atoms with Crippen molar-refractivity contribution in [2.75, 3.05) is 7.11 Å². The number of halogens is 3. The zero-order valence-corrected chi connectivity index (χ0v) is 15.7. The van der Waals surface area contributed by atoms with Crippen LogP contribution in [0.5, 0.6) is 0 Å². The zero-order valence-electron chi connectivity index (χ0n) is 10.9. The number of carbonyl (C=O) groups excluding carboxylic acids is 1. The van der Waals surface area contributed by atoms with Crippen LogP contribution in [0.15, 0.2) is 23.8 Å². The minimum absolute atomic E-state index is 0. The number of ether oxygens (including phenoxy) is 1. The first-order valence-electron chi connectivity index (χ1n) is 5.01. The molecular weight excluding hydrogens is 346 g/mol. The first-order chi connectivity index (χ1) is 6.78. The van der Waals surface area contributed by atoms with Crippen LogP contribution in [-0.2, 0) is 30.0 Å². The molecule has 18 heavy (non-hydrogen) atoms. The third kappa shape index (κ3) is 5.81. The van der Waals surface area contributed by atoms with Gasteiger partial charge in [-0.2, -0.15) is 0 Å². The summed E-state index contributed by atoms with van der Waals surface area (Å²) < 4.78 is 4.84. The molecule has 0 N–H and O–H groups in total. The average Bonchev–Trinajstić information content (AvgIpc) is 2.47. The van der Waals surface area contributed by atoms with Crippen molar-refractivity contribution in [3.63, 3.8) is 0 Å². The molecule has 2 nitrogen and oxygen atoms in total. The van der Waals surface area contributed by atoms with Crippen LogP contribution in [0.3, 0.4) is 0 Å². The van der Waals surface area contributed by atoms with E-state index in [2.05, 4.69) is 63.0 Å². The molecule has 0 saturated carbocycles. The minimum atomic E-state index is -1.27. The molecule has 0 amide bonds. The first-order valence-corrected chi connectivity index (χ1v) is 9.29. The Labute approximate surface area is 141 Å². The van der Waals surface area contributed by atoms with Gasteiger partial charge in [-0.1, -0.05) is 0 Å². The Morgan fingerprint density at radius 3 is 2.17 bits per heavy atom. The third-order valence-electron chi connectivity index (χ3n) is 2.79. The van der Waals surface area contributed by atoms with Crippen LogP contribution in [-0.4, -0.2) is 21.2 Å². The Bertz CT molecular complexity index is 340. The fourth-order valence-electron chi connectivity index (χ4n) is 1.44. The van der Waals surface area contributed by atoms with Gasteiger partial charge in [0, 0.05) is 0 Å². The summed E-state index contributed by atoms with van der Waals surface area (Å²) >= 11 is 2.25. The number of rotatable bonds is 3. The summed E-state index contributed by atoms with van der Waals surface area (Å²) in [6, 6.07) is 0. The fraction of sp³-hybridized carbons (Fsp3) is 0.545. The van der Waals surface area contributed by atoms with E-state index in [0.29, 0.717) is 6.42 Å². The van der Waals surface area contributed by atoms with Gasteiger partial charge in [0.25, 0.3) is 0 Å². The molecule has 0 spiro atoms. The molecule has 0 fully saturated rings. The van der Waals surface area contributed by atoms with E-state index in [1.54, 1.807) is 0 Å². The van der Waals surface area contributed by atoms with Gasteiger partial charge in [0.15, 0.2) is 0 Å². The molecule has 0 radical (unpaired) electrons. The van der Waals surface area contributed by atoms with Crippen LogP contribution in [0.25, 0.3) is 0 Å². The Morgan fingerprint density at radius 1 is 1.33 bits per heavy atom. The summed E-state index contributed by atoms with van der Waals surface area (Å²) in [6.45, 7) is 7.03. The van der Waals surface area contributed by atoms with E-state index in [0.717, 1.165) is 5.57 Å². The molecule has 1 unspecified atom stereocenters. The van der Waals surface area contributed by atoms with Crippen molar-refractivity contribution in [1.29, 1.82) is 0 Å². The summed E-state index contributed by atoms with van der Waals surface area (Å²) in [5.74, 6) is -0.161. The maximum atomic E-state index is 11.1. The van der Waals surface area contributed by atoms with E-state index in [9.17, 15) is 4.79 Å². The predicted molar refractivity (Wildman–Crippen MR) is 59.9 cm³/mol. The number of hydrogen-bond donors (Lipinski definition) is 0. The van der Waals surface area contributed by atoms with Crippen LogP contribution in [0.1, 0.15) is 6.42 Å². The second-order valence-corrected chi connectivity index (χ2v) is 12.3. The maximum absolute atomic E-state index is 11.1. The van der Waals surface area contributed by atoms with Crippen molar-refractivity contribution >= 4 is 14.0 Å². The van der Waals surface area contributed by atoms with E-state index in [-0.39, 0.29) is 46.5 Å². The van der Waals surface area contributed by atoms with Gasteiger partial charge in [-0.15, -0.1) is 0 Å². The molecule has 7 heteroatoms. The van der Waals surface area contributed by atoms with Gasteiger partial charge in [0.2, 0.25) is 0 Å². The summed E-state index contributed by atoms with van der Waals surface area (Å²) in [5.41, 5.74) is 1.09. The second kappa shape index (κ2) is 8.83. The summed E-state index contributed by atoms with van der Waals surface area (Å²) in [5, 5.41) is 0. The van der Waals surface area contributed by atoms with E-state index < -0.39 is 8.07 Å². The van der Waals surface area contributed by atoms with E-state index in [1.165, 1.54) is 7.11 Å². The molecule has 1 aliphatic carbocycles. The van der Waals surface area contributed by atoms with Gasteiger partial charge < -0.3 is 37.2 Å². The molecule has 0 aromatic rings. The smallest absolute Gasteiger partial charge is 1.00 e. The maximum Gasteiger partial charge on any atom is -1.00 e. The molecule has 1 atom stereocenters. The molecule has 0 saturated heterocycles. The Morgan fingerprint density at radius 2 is 1.83 bits per heavy atom.